The van der Waals surface area contributed by atoms with E-state index in [1.165, 1.54) is 18.0 Å². The van der Waals surface area contributed by atoms with Crippen LogP contribution in [0.5, 0.6) is 0 Å². The van der Waals surface area contributed by atoms with E-state index in [-0.39, 0.29) is 17.2 Å². The number of hydrogen-bond donors (Lipinski definition) is 1. The lowest BCUT2D eigenvalue weighted by Crippen LogP contribution is -2.17. The van der Waals surface area contributed by atoms with Gasteiger partial charge in [0.2, 0.25) is 5.91 Å². The third-order valence-corrected chi connectivity index (χ3v) is 4.75. The summed E-state index contributed by atoms with van der Waals surface area (Å²) >= 11 is 7.09. The number of benzene rings is 1. The molecule has 3 aromatic rings. The van der Waals surface area contributed by atoms with Crippen LogP contribution in [0.4, 0.5) is 5.82 Å². The minimum Gasteiger partial charge on any atom is -0.311 e. The lowest BCUT2D eigenvalue weighted by Gasteiger charge is -2.09. The fourth-order valence-electron chi connectivity index (χ4n) is 2.27. The number of amides is 1. The van der Waals surface area contributed by atoms with Crippen molar-refractivity contribution in [2.45, 2.75) is 4.90 Å². The van der Waals surface area contributed by atoms with Crippen LogP contribution in [-0.4, -0.2) is 21.2 Å². The van der Waals surface area contributed by atoms with E-state index < -0.39 is 0 Å². The standard InChI is InChI=1S/C17H14ClN3O2S/c1-21-13-5-3-2-4-12(13)14(8-17(21)23)24-10-16(22)20-15-7-6-11(18)9-19-15/h2-9H,10H2,1H3,(H,19,20,22). The summed E-state index contributed by atoms with van der Waals surface area (Å²) in [4.78, 5) is 28.9. The van der Waals surface area contributed by atoms with Gasteiger partial charge in [0.15, 0.2) is 0 Å². The fourth-order valence-corrected chi connectivity index (χ4v) is 3.25. The average molecular weight is 360 g/mol. The van der Waals surface area contributed by atoms with Crippen LogP contribution < -0.4 is 10.9 Å². The quantitative estimate of drug-likeness (QED) is 0.726. The molecule has 3 rings (SSSR count). The van der Waals surface area contributed by atoms with Gasteiger partial charge < -0.3 is 9.88 Å². The monoisotopic (exact) mass is 359 g/mol. The molecule has 0 saturated heterocycles. The number of rotatable bonds is 4. The van der Waals surface area contributed by atoms with E-state index in [1.54, 1.807) is 29.8 Å². The number of para-hydroxylation sites is 1. The Morgan fingerprint density at radius 3 is 2.83 bits per heavy atom. The maximum atomic E-state index is 12.1. The first-order valence-electron chi connectivity index (χ1n) is 7.17. The zero-order valence-electron chi connectivity index (χ0n) is 12.8. The van der Waals surface area contributed by atoms with Gasteiger partial charge in [-0.15, -0.1) is 11.8 Å². The zero-order chi connectivity index (χ0) is 17.1. The van der Waals surface area contributed by atoms with Crippen LogP contribution in [-0.2, 0) is 11.8 Å². The third kappa shape index (κ3) is 3.60. The second kappa shape index (κ2) is 7.07. The van der Waals surface area contributed by atoms with E-state index in [0.717, 1.165) is 15.8 Å². The summed E-state index contributed by atoms with van der Waals surface area (Å²) in [5, 5.41) is 4.16. The highest BCUT2D eigenvalue weighted by Gasteiger charge is 2.10. The van der Waals surface area contributed by atoms with Gasteiger partial charge in [-0.1, -0.05) is 29.8 Å². The van der Waals surface area contributed by atoms with Gasteiger partial charge in [-0.3, -0.25) is 9.59 Å². The number of nitrogens with one attached hydrogen (secondary N) is 1. The van der Waals surface area contributed by atoms with Gasteiger partial charge in [-0.05, 0) is 18.2 Å². The Kier molecular flexibility index (Phi) is 4.87. The molecule has 1 amide bonds. The molecule has 7 heteroatoms. The Labute approximate surface area is 147 Å². The Morgan fingerprint density at radius 1 is 1.29 bits per heavy atom. The molecule has 0 aliphatic carbocycles. The van der Waals surface area contributed by atoms with Gasteiger partial charge >= 0.3 is 0 Å². The molecule has 0 atom stereocenters. The van der Waals surface area contributed by atoms with Gasteiger partial charge in [-0.2, -0.15) is 0 Å². The Balaban J connectivity index is 1.76. The highest BCUT2D eigenvalue weighted by atomic mass is 35.5. The molecular weight excluding hydrogens is 346 g/mol. The molecule has 0 aliphatic heterocycles. The first kappa shape index (κ1) is 16.5. The fraction of sp³-hybridized carbons (Fsp3) is 0.118. The van der Waals surface area contributed by atoms with Crippen LogP contribution in [0.25, 0.3) is 10.9 Å². The van der Waals surface area contributed by atoms with Gasteiger partial charge in [0, 0.05) is 29.6 Å². The third-order valence-electron chi connectivity index (χ3n) is 3.47. The molecule has 0 radical (unpaired) electrons. The number of hydrogen-bond acceptors (Lipinski definition) is 4. The maximum absolute atomic E-state index is 12.1. The van der Waals surface area contributed by atoms with Gasteiger partial charge in [0.05, 0.1) is 16.3 Å². The SMILES string of the molecule is Cn1c(=O)cc(SCC(=O)Nc2ccc(Cl)cn2)c2ccccc21. The van der Waals surface area contributed by atoms with E-state index in [4.69, 9.17) is 11.6 Å². The van der Waals surface area contributed by atoms with E-state index in [0.29, 0.717) is 10.8 Å². The lowest BCUT2D eigenvalue weighted by molar-refractivity contribution is -0.113. The van der Waals surface area contributed by atoms with Crippen LogP contribution >= 0.6 is 23.4 Å². The number of anilines is 1. The minimum absolute atomic E-state index is 0.101. The van der Waals surface area contributed by atoms with Crippen molar-refractivity contribution in [3.63, 3.8) is 0 Å². The van der Waals surface area contributed by atoms with Crippen molar-refractivity contribution in [1.29, 1.82) is 0 Å². The predicted molar refractivity (Wildman–Crippen MR) is 97.8 cm³/mol. The summed E-state index contributed by atoms with van der Waals surface area (Å²) in [7, 11) is 1.73. The van der Waals surface area contributed by atoms with E-state index in [9.17, 15) is 9.59 Å². The largest absolute Gasteiger partial charge is 0.311 e. The molecule has 2 heterocycles. The number of pyridine rings is 2. The summed E-state index contributed by atoms with van der Waals surface area (Å²) < 4.78 is 1.59. The summed E-state index contributed by atoms with van der Waals surface area (Å²) in [5.41, 5.74) is 0.739. The molecule has 24 heavy (non-hydrogen) atoms. The highest BCUT2D eigenvalue weighted by molar-refractivity contribution is 8.00. The number of aryl methyl sites for hydroxylation is 1. The second-order valence-electron chi connectivity index (χ2n) is 5.12. The topological polar surface area (TPSA) is 64.0 Å². The van der Waals surface area contributed by atoms with Crippen molar-refractivity contribution in [3.05, 3.63) is 64.0 Å². The molecule has 0 unspecified atom stereocenters. The van der Waals surface area contributed by atoms with Crippen molar-refractivity contribution >= 4 is 46.0 Å². The molecule has 0 aliphatic rings. The summed E-state index contributed by atoms with van der Waals surface area (Å²) in [6, 6.07) is 12.5. The van der Waals surface area contributed by atoms with Crippen molar-refractivity contribution in [1.82, 2.24) is 9.55 Å². The average Bonchev–Trinajstić information content (AvgIpc) is 2.59. The Morgan fingerprint density at radius 2 is 2.08 bits per heavy atom. The normalized spacial score (nSPS) is 10.8. The minimum atomic E-state index is -0.195. The van der Waals surface area contributed by atoms with Gasteiger partial charge in [-0.25, -0.2) is 4.98 Å². The number of carbonyl (C=O) groups is 1. The molecule has 0 saturated carbocycles. The molecule has 2 aromatic heterocycles. The van der Waals surface area contributed by atoms with Crippen LogP contribution in [0, 0.1) is 0 Å². The number of halogens is 1. The summed E-state index contributed by atoms with van der Waals surface area (Å²) in [6.45, 7) is 0. The zero-order valence-corrected chi connectivity index (χ0v) is 14.4. The first-order chi connectivity index (χ1) is 11.5. The molecule has 1 aromatic carbocycles. The maximum Gasteiger partial charge on any atom is 0.251 e. The van der Waals surface area contributed by atoms with Gasteiger partial charge in [0.1, 0.15) is 5.82 Å². The molecule has 5 nitrogen and oxygen atoms in total. The van der Waals surface area contributed by atoms with Crippen LogP contribution in [0.1, 0.15) is 0 Å². The van der Waals surface area contributed by atoms with Crippen molar-refractivity contribution in [2.75, 3.05) is 11.1 Å². The first-order valence-corrected chi connectivity index (χ1v) is 8.54. The van der Waals surface area contributed by atoms with Gasteiger partial charge in [0.25, 0.3) is 5.56 Å². The molecule has 1 N–H and O–H groups in total. The molecule has 0 spiro atoms. The highest BCUT2D eigenvalue weighted by Crippen LogP contribution is 2.26. The van der Waals surface area contributed by atoms with Crippen LogP contribution in [0.2, 0.25) is 5.02 Å². The second-order valence-corrected chi connectivity index (χ2v) is 6.58. The van der Waals surface area contributed by atoms with E-state index in [1.807, 2.05) is 24.3 Å². The number of thioether (sulfide) groups is 1. The van der Waals surface area contributed by atoms with Crippen LogP contribution in [0.15, 0.2) is 58.4 Å². The van der Waals surface area contributed by atoms with Crippen molar-refractivity contribution < 1.29 is 4.79 Å². The van der Waals surface area contributed by atoms with E-state index >= 15 is 0 Å². The molecule has 122 valence electrons. The molecule has 0 fully saturated rings. The van der Waals surface area contributed by atoms with Crippen molar-refractivity contribution in [2.24, 2.45) is 7.05 Å². The number of nitrogens with zero attached hydrogens (tertiary/aromatic N) is 2. The molecular formula is C17H14ClN3O2S. The number of carbonyl (C=O) groups excluding carboxylic acids is 1. The predicted octanol–water partition coefficient (Wildman–Crippen LogP) is 3.32. The Bertz CT molecular complexity index is 954. The Hall–Kier alpha value is -2.31. The molecule has 0 bridgehead atoms. The van der Waals surface area contributed by atoms with Crippen molar-refractivity contribution in [3.8, 4) is 0 Å². The summed E-state index contributed by atoms with van der Waals surface area (Å²) in [6.07, 6.45) is 1.47. The smallest absolute Gasteiger partial charge is 0.251 e. The van der Waals surface area contributed by atoms with E-state index in [2.05, 4.69) is 10.3 Å². The number of fused-ring (bicyclic) bond motifs is 1. The lowest BCUT2D eigenvalue weighted by atomic mass is 10.2. The summed E-state index contributed by atoms with van der Waals surface area (Å²) in [5.74, 6) is 0.431. The number of aromatic nitrogens is 2. The van der Waals surface area contributed by atoms with Crippen LogP contribution in [0.3, 0.4) is 0 Å².